The van der Waals surface area contributed by atoms with E-state index < -0.39 is 42.5 Å². The van der Waals surface area contributed by atoms with Crippen molar-refractivity contribution in [2.45, 2.75) is 35.1 Å². The number of nitrogens with zero attached hydrogens (tertiary/aromatic N) is 1. The van der Waals surface area contributed by atoms with Crippen LogP contribution in [0.1, 0.15) is 24.4 Å². The Morgan fingerprint density at radius 2 is 1.65 bits per heavy atom. The van der Waals surface area contributed by atoms with E-state index in [9.17, 15) is 21.2 Å². The van der Waals surface area contributed by atoms with Gasteiger partial charge in [-0.1, -0.05) is 30.3 Å². The lowest BCUT2D eigenvalue weighted by molar-refractivity contribution is 0.234. The molecule has 4 rings (SSSR count). The maximum Gasteiger partial charge on any atom is 0.183 e. The number of sulfone groups is 2. The van der Waals surface area contributed by atoms with E-state index in [1.165, 1.54) is 12.1 Å². The van der Waals surface area contributed by atoms with E-state index in [-0.39, 0.29) is 16.7 Å². The highest BCUT2D eigenvalue weighted by Gasteiger charge is 2.46. The summed E-state index contributed by atoms with van der Waals surface area (Å²) in [5, 5.41) is 2.18. The summed E-state index contributed by atoms with van der Waals surface area (Å²) in [6.07, 6.45) is 2.23. The number of benzene rings is 2. The Labute approximate surface area is 183 Å². The predicted octanol–water partition coefficient (Wildman–Crippen LogP) is 2.19. The van der Waals surface area contributed by atoms with Crippen LogP contribution in [0.2, 0.25) is 0 Å². The molecule has 0 radical (unpaired) electrons. The zero-order valence-electron chi connectivity index (χ0n) is 17.2. The van der Waals surface area contributed by atoms with Crippen LogP contribution >= 0.6 is 0 Å². The van der Waals surface area contributed by atoms with E-state index in [1.54, 1.807) is 0 Å². The fourth-order valence-corrected chi connectivity index (χ4v) is 9.28. The SMILES string of the molecule is O=S1(=O)C[C@H](NCC(c2ccccc2)N2CCCC2)[C@@H](S(=O)(=O)c2ccc(F)cc2)C1. The van der Waals surface area contributed by atoms with Gasteiger partial charge in [0.1, 0.15) is 5.82 Å². The molecule has 2 fully saturated rings. The quantitative estimate of drug-likeness (QED) is 0.630. The highest BCUT2D eigenvalue weighted by atomic mass is 32.2. The van der Waals surface area contributed by atoms with Gasteiger partial charge in [0, 0.05) is 18.6 Å². The zero-order chi connectivity index (χ0) is 22.1. The van der Waals surface area contributed by atoms with Crippen LogP contribution in [0.3, 0.4) is 0 Å². The van der Waals surface area contributed by atoms with Crippen LogP contribution in [0.15, 0.2) is 59.5 Å². The highest BCUT2D eigenvalue weighted by molar-refractivity contribution is 7.96. The first-order chi connectivity index (χ1) is 14.8. The first kappa shape index (κ1) is 22.4. The molecule has 9 heteroatoms. The van der Waals surface area contributed by atoms with Crippen molar-refractivity contribution in [2.75, 3.05) is 31.1 Å². The minimum Gasteiger partial charge on any atom is -0.310 e. The molecule has 0 amide bonds. The normalized spacial score (nSPS) is 24.9. The molecule has 2 saturated heterocycles. The maximum absolute atomic E-state index is 13.3. The number of likely N-dealkylation sites (tertiary alicyclic amines) is 1. The first-order valence-corrected chi connectivity index (χ1v) is 13.9. The topological polar surface area (TPSA) is 83.6 Å². The third-order valence-electron chi connectivity index (χ3n) is 6.18. The Bertz CT molecular complexity index is 1100. The lowest BCUT2D eigenvalue weighted by Gasteiger charge is -2.30. The Balaban J connectivity index is 1.57. The second-order valence-electron chi connectivity index (χ2n) is 8.30. The summed E-state index contributed by atoms with van der Waals surface area (Å²) in [7, 11) is -7.43. The third kappa shape index (κ3) is 5.00. The van der Waals surface area contributed by atoms with Crippen LogP contribution < -0.4 is 5.32 Å². The molecule has 0 aliphatic carbocycles. The molecule has 168 valence electrons. The standard InChI is InChI=1S/C22H27FN2O4S2/c23-18-8-10-19(11-9-18)31(28,29)22-16-30(26,27)15-20(22)24-14-21(25-12-4-5-13-25)17-6-2-1-3-7-17/h1-3,6-11,20-22,24H,4-5,12-16H2/t20-,21?,22-/m0/s1. The van der Waals surface area contributed by atoms with E-state index in [2.05, 4.69) is 10.2 Å². The van der Waals surface area contributed by atoms with Crippen LogP contribution in [0, 0.1) is 5.82 Å². The zero-order valence-corrected chi connectivity index (χ0v) is 18.8. The fourth-order valence-electron chi connectivity index (χ4n) is 4.56. The average Bonchev–Trinajstić information content (AvgIpc) is 3.37. The molecule has 0 bridgehead atoms. The van der Waals surface area contributed by atoms with Gasteiger partial charge in [-0.05, 0) is 55.8 Å². The smallest absolute Gasteiger partial charge is 0.183 e. The van der Waals surface area contributed by atoms with Crippen molar-refractivity contribution in [2.24, 2.45) is 0 Å². The van der Waals surface area contributed by atoms with Crippen LogP contribution in [0.5, 0.6) is 0 Å². The molecule has 1 N–H and O–H groups in total. The van der Waals surface area contributed by atoms with E-state index >= 15 is 0 Å². The molecule has 3 atom stereocenters. The van der Waals surface area contributed by atoms with Gasteiger partial charge >= 0.3 is 0 Å². The molecule has 2 aromatic carbocycles. The van der Waals surface area contributed by atoms with Gasteiger partial charge in [0.05, 0.1) is 21.7 Å². The van der Waals surface area contributed by atoms with Crippen LogP contribution in [0.4, 0.5) is 4.39 Å². The van der Waals surface area contributed by atoms with Gasteiger partial charge < -0.3 is 5.32 Å². The molecular weight excluding hydrogens is 439 g/mol. The Morgan fingerprint density at radius 1 is 1.00 bits per heavy atom. The van der Waals surface area contributed by atoms with E-state index in [1.807, 2.05) is 30.3 Å². The van der Waals surface area contributed by atoms with E-state index in [0.29, 0.717) is 6.54 Å². The van der Waals surface area contributed by atoms with Gasteiger partial charge in [0.25, 0.3) is 0 Å². The van der Waals surface area contributed by atoms with Crippen molar-refractivity contribution < 1.29 is 21.2 Å². The van der Waals surface area contributed by atoms with E-state index in [0.717, 1.165) is 43.6 Å². The Hall–Kier alpha value is -1.81. The van der Waals surface area contributed by atoms with Crippen molar-refractivity contribution in [3.05, 3.63) is 66.0 Å². The molecule has 2 aliphatic rings. The van der Waals surface area contributed by atoms with E-state index in [4.69, 9.17) is 0 Å². The molecule has 0 aromatic heterocycles. The number of hydrogen-bond donors (Lipinski definition) is 1. The van der Waals surface area contributed by atoms with Gasteiger partial charge in [0.2, 0.25) is 0 Å². The molecule has 31 heavy (non-hydrogen) atoms. The first-order valence-electron chi connectivity index (χ1n) is 10.5. The summed E-state index contributed by atoms with van der Waals surface area (Å²) in [6, 6.07) is 13.9. The summed E-state index contributed by atoms with van der Waals surface area (Å²) in [6.45, 7) is 2.38. The second-order valence-corrected chi connectivity index (χ2v) is 12.6. The summed E-state index contributed by atoms with van der Waals surface area (Å²) in [5.74, 6) is -1.19. The lowest BCUT2D eigenvalue weighted by Crippen LogP contribution is -2.46. The van der Waals surface area contributed by atoms with Gasteiger partial charge in [-0.3, -0.25) is 4.90 Å². The van der Waals surface area contributed by atoms with Gasteiger partial charge in [-0.15, -0.1) is 0 Å². The molecule has 0 saturated carbocycles. The largest absolute Gasteiger partial charge is 0.310 e. The highest BCUT2D eigenvalue weighted by Crippen LogP contribution is 2.28. The molecule has 2 heterocycles. The van der Waals surface area contributed by atoms with Gasteiger partial charge in [0.15, 0.2) is 19.7 Å². The number of hydrogen-bond acceptors (Lipinski definition) is 6. The molecule has 6 nitrogen and oxygen atoms in total. The summed E-state index contributed by atoms with van der Waals surface area (Å²) >= 11 is 0. The predicted molar refractivity (Wildman–Crippen MR) is 118 cm³/mol. The van der Waals surface area contributed by atoms with Crippen molar-refractivity contribution in [1.82, 2.24) is 10.2 Å². The van der Waals surface area contributed by atoms with Gasteiger partial charge in [-0.2, -0.15) is 0 Å². The lowest BCUT2D eigenvalue weighted by atomic mass is 10.0. The molecule has 0 spiro atoms. The van der Waals surface area contributed by atoms with Crippen LogP contribution in [-0.4, -0.2) is 64.2 Å². The monoisotopic (exact) mass is 466 g/mol. The maximum atomic E-state index is 13.3. The minimum atomic E-state index is -3.93. The van der Waals surface area contributed by atoms with Crippen molar-refractivity contribution in [1.29, 1.82) is 0 Å². The summed E-state index contributed by atoms with van der Waals surface area (Å²) in [4.78, 5) is 2.30. The second kappa shape index (κ2) is 8.97. The molecule has 2 aliphatic heterocycles. The molecular formula is C22H27FN2O4S2. The summed E-state index contributed by atoms with van der Waals surface area (Å²) < 4.78 is 64.4. The van der Waals surface area contributed by atoms with Crippen LogP contribution in [-0.2, 0) is 19.7 Å². The Morgan fingerprint density at radius 3 is 2.29 bits per heavy atom. The number of nitrogens with one attached hydrogen (secondary N) is 1. The number of rotatable bonds is 7. The summed E-state index contributed by atoms with van der Waals surface area (Å²) in [5.41, 5.74) is 1.12. The molecule has 2 aromatic rings. The van der Waals surface area contributed by atoms with Gasteiger partial charge in [-0.25, -0.2) is 21.2 Å². The van der Waals surface area contributed by atoms with Crippen molar-refractivity contribution in [3.8, 4) is 0 Å². The van der Waals surface area contributed by atoms with Crippen molar-refractivity contribution >= 4 is 19.7 Å². The minimum absolute atomic E-state index is 0.0428. The average molecular weight is 467 g/mol. The van der Waals surface area contributed by atoms with Crippen LogP contribution in [0.25, 0.3) is 0 Å². The number of halogens is 1. The molecule has 1 unspecified atom stereocenters. The third-order valence-corrected chi connectivity index (χ3v) is 10.3. The fraction of sp³-hybridized carbons (Fsp3) is 0.455. The van der Waals surface area contributed by atoms with Crippen molar-refractivity contribution in [3.63, 3.8) is 0 Å². The Kier molecular flexibility index (Phi) is 6.48.